The van der Waals surface area contributed by atoms with E-state index in [1.54, 1.807) is 6.92 Å². The van der Waals surface area contributed by atoms with Crippen LogP contribution in [0.1, 0.15) is 39.5 Å². The summed E-state index contributed by atoms with van der Waals surface area (Å²) in [6.45, 7) is 4.84. The molecule has 0 rings (SSSR count). The van der Waals surface area contributed by atoms with Gasteiger partial charge < -0.3 is 9.84 Å². The predicted molar refractivity (Wildman–Crippen MR) is 51.6 cm³/mol. The molecular formula is C10H20O3. The lowest BCUT2D eigenvalue weighted by Gasteiger charge is -2.09. The number of carbonyl (C=O) groups is 1. The van der Waals surface area contributed by atoms with E-state index >= 15 is 0 Å². The highest BCUT2D eigenvalue weighted by Crippen LogP contribution is 1.98. The molecule has 0 aliphatic carbocycles. The van der Waals surface area contributed by atoms with Crippen molar-refractivity contribution in [3.8, 4) is 0 Å². The molecule has 0 amide bonds. The van der Waals surface area contributed by atoms with E-state index in [4.69, 9.17) is 4.74 Å². The molecule has 0 aliphatic heterocycles. The Hall–Kier alpha value is -0.410. The van der Waals surface area contributed by atoms with Gasteiger partial charge in [0, 0.05) is 19.4 Å². The van der Waals surface area contributed by atoms with Crippen LogP contribution in [-0.2, 0) is 9.53 Å². The van der Waals surface area contributed by atoms with Crippen LogP contribution >= 0.6 is 0 Å². The number of hydrogen-bond acceptors (Lipinski definition) is 3. The number of Topliss-reactive ketones (excluding diaryl/α,β-unsaturated/α-hetero) is 1. The molecule has 0 saturated heterocycles. The second kappa shape index (κ2) is 8.20. The van der Waals surface area contributed by atoms with E-state index in [9.17, 15) is 9.90 Å². The summed E-state index contributed by atoms with van der Waals surface area (Å²) < 4.78 is 5.18. The maximum atomic E-state index is 10.9. The van der Waals surface area contributed by atoms with E-state index in [0.29, 0.717) is 13.0 Å². The number of aliphatic hydroxyl groups is 1. The fourth-order valence-electron chi connectivity index (χ4n) is 0.932. The Kier molecular flexibility index (Phi) is 7.94. The molecule has 3 nitrogen and oxygen atoms in total. The van der Waals surface area contributed by atoms with Crippen LogP contribution in [0.2, 0.25) is 0 Å². The first-order chi connectivity index (χ1) is 6.20. The van der Waals surface area contributed by atoms with Gasteiger partial charge in [-0.2, -0.15) is 0 Å². The van der Waals surface area contributed by atoms with Crippen LogP contribution in [0.25, 0.3) is 0 Å². The number of carbonyl (C=O) groups excluding carboxylic acids is 1. The Morgan fingerprint density at radius 2 is 2.15 bits per heavy atom. The number of ketones is 1. The first-order valence-corrected chi connectivity index (χ1v) is 4.98. The molecule has 1 atom stereocenters. The Bertz CT molecular complexity index is 134. The Morgan fingerprint density at radius 3 is 2.69 bits per heavy atom. The highest BCUT2D eigenvalue weighted by Gasteiger charge is 2.08. The molecule has 0 bridgehead atoms. The van der Waals surface area contributed by atoms with Gasteiger partial charge in [0.05, 0.1) is 12.7 Å². The molecule has 0 aromatic heterocycles. The third-order valence-corrected chi connectivity index (χ3v) is 1.81. The summed E-state index contributed by atoms with van der Waals surface area (Å²) in [6.07, 6.45) is 2.19. The summed E-state index contributed by atoms with van der Waals surface area (Å²) in [5.41, 5.74) is 0. The van der Waals surface area contributed by atoms with Crippen molar-refractivity contribution >= 4 is 5.78 Å². The standard InChI is InChI=1S/C10H20O3/c1-3-5-6-13-8-10(12)7-9(11)4-2/h10,12H,3-8H2,1-2H3. The summed E-state index contributed by atoms with van der Waals surface area (Å²) in [5.74, 6) is 0.0894. The van der Waals surface area contributed by atoms with Gasteiger partial charge in [0.2, 0.25) is 0 Å². The second-order valence-electron chi connectivity index (χ2n) is 3.18. The average Bonchev–Trinajstić information content (AvgIpc) is 2.12. The van der Waals surface area contributed by atoms with Gasteiger partial charge in [0.1, 0.15) is 5.78 Å². The first-order valence-electron chi connectivity index (χ1n) is 4.98. The van der Waals surface area contributed by atoms with Crippen LogP contribution in [0, 0.1) is 0 Å². The molecule has 3 heteroatoms. The molecule has 0 aromatic rings. The van der Waals surface area contributed by atoms with Crippen molar-refractivity contribution in [2.75, 3.05) is 13.2 Å². The predicted octanol–water partition coefficient (Wildman–Crippen LogP) is 1.53. The molecule has 78 valence electrons. The summed E-state index contributed by atoms with van der Waals surface area (Å²) in [7, 11) is 0. The van der Waals surface area contributed by atoms with E-state index in [1.807, 2.05) is 0 Å². The highest BCUT2D eigenvalue weighted by molar-refractivity contribution is 5.78. The second-order valence-corrected chi connectivity index (χ2v) is 3.18. The molecule has 0 saturated carbocycles. The van der Waals surface area contributed by atoms with Gasteiger partial charge in [0.25, 0.3) is 0 Å². The zero-order chi connectivity index (χ0) is 10.1. The minimum atomic E-state index is -0.621. The van der Waals surface area contributed by atoms with E-state index < -0.39 is 6.10 Å². The van der Waals surface area contributed by atoms with Crippen molar-refractivity contribution in [2.24, 2.45) is 0 Å². The quantitative estimate of drug-likeness (QED) is 0.588. The van der Waals surface area contributed by atoms with Gasteiger partial charge >= 0.3 is 0 Å². The summed E-state index contributed by atoms with van der Waals surface area (Å²) >= 11 is 0. The molecule has 0 spiro atoms. The smallest absolute Gasteiger partial charge is 0.135 e. The average molecular weight is 188 g/mol. The zero-order valence-corrected chi connectivity index (χ0v) is 8.58. The lowest BCUT2D eigenvalue weighted by atomic mass is 10.1. The maximum Gasteiger partial charge on any atom is 0.135 e. The van der Waals surface area contributed by atoms with E-state index in [-0.39, 0.29) is 18.8 Å². The van der Waals surface area contributed by atoms with Crippen LogP contribution in [0.4, 0.5) is 0 Å². The van der Waals surface area contributed by atoms with Crippen molar-refractivity contribution in [1.82, 2.24) is 0 Å². The van der Waals surface area contributed by atoms with Crippen LogP contribution in [-0.4, -0.2) is 30.2 Å². The molecule has 1 N–H and O–H groups in total. The number of rotatable bonds is 8. The fraction of sp³-hybridized carbons (Fsp3) is 0.900. The molecule has 0 heterocycles. The molecule has 0 aromatic carbocycles. The van der Waals surface area contributed by atoms with Crippen molar-refractivity contribution in [1.29, 1.82) is 0 Å². The van der Waals surface area contributed by atoms with Crippen LogP contribution in [0.3, 0.4) is 0 Å². The Morgan fingerprint density at radius 1 is 1.46 bits per heavy atom. The monoisotopic (exact) mass is 188 g/mol. The Labute approximate surface area is 80.1 Å². The molecule has 0 radical (unpaired) electrons. The van der Waals surface area contributed by atoms with Gasteiger partial charge in [-0.15, -0.1) is 0 Å². The van der Waals surface area contributed by atoms with Gasteiger partial charge in [0.15, 0.2) is 0 Å². The number of aliphatic hydroxyl groups excluding tert-OH is 1. The van der Waals surface area contributed by atoms with E-state index in [1.165, 1.54) is 0 Å². The molecule has 0 aliphatic rings. The van der Waals surface area contributed by atoms with Gasteiger partial charge in [-0.3, -0.25) is 4.79 Å². The van der Waals surface area contributed by atoms with Gasteiger partial charge in [-0.05, 0) is 6.42 Å². The van der Waals surface area contributed by atoms with Crippen molar-refractivity contribution in [3.63, 3.8) is 0 Å². The fourth-order valence-corrected chi connectivity index (χ4v) is 0.932. The number of ether oxygens (including phenoxy) is 1. The van der Waals surface area contributed by atoms with E-state index in [0.717, 1.165) is 12.8 Å². The van der Waals surface area contributed by atoms with Crippen LogP contribution in [0.5, 0.6) is 0 Å². The summed E-state index contributed by atoms with van der Waals surface area (Å²) in [4.78, 5) is 10.9. The largest absolute Gasteiger partial charge is 0.390 e. The normalized spacial score (nSPS) is 12.8. The van der Waals surface area contributed by atoms with Crippen molar-refractivity contribution in [3.05, 3.63) is 0 Å². The number of hydrogen-bond donors (Lipinski definition) is 1. The maximum absolute atomic E-state index is 10.9. The molecule has 0 fully saturated rings. The minimum absolute atomic E-state index is 0.0894. The lowest BCUT2D eigenvalue weighted by molar-refractivity contribution is -0.121. The van der Waals surface area contributed by atoms with Crippen LogP contribution in [0.15, 0.2) is 0 Å². The third-order valence-electron chi connectivity index (χ3n) is 1.81. The third kappa shape index (κ3) is 7.94. The summed E-state index contributed by atoms with van der Waals surface area (Å²) in [6, 6.07) is 0. The summed E-state index contributed by atoms with van der Waals surface area (Å²) in [5, 5.41) is 9.30. The van der Waals surface area contributed by atoms with E-state index in [2.05, 4.69) is 6.92 Å². The highest BCUT2D eigenvalue weighted by atomic mass is 16.5. The van der Waals surface area contributed by atoms with Crippen LogP contribution < -0.4 is 0 Å². The van der Waals surface area contributed by atoms with Crippen molar-refractivity contribution < 1.29 is 14.6 Å². The minimum Gasteiger partial charge on any atom is -0.390 e. The molecular weight excluding hydrogens is 168 g/mol. The molecule has 1 unspecified atom stereocenters. The van der Waals surface area contributed by atoms with Gasteiger partial charge in [-0.1, -0.05) is 20.3 Å². The number of unbranched alkanes of at least 4 members (excludes halogenated alkanes) is 1. The lowest BCUT2D eigenvalue weighted by Crippen LogP contribution is -2.19. The van der Waals surface area contributed by atoms with Crippen molar-refractivity contribution in [2.45, 2.75) is 45.6 Å². The topological polar surface area (TPSA) is 46.5 Å². The SMILES string of the molecule is CCCCOCC(O)CC(=O)CC. The zero-order valence-electron chi connectivity index (χ0n) is 8.58. The Balaban J connectivity index is 3.29. The van der Waals surface area contributed by atoms with Gasteiger partial charge in [-0.25, -0.2) is 0 Å². The molecule has 13 heavy (non-hydrogen) atoms. The first kappa shape index (κ1) is 12.6.